The molecule has 0 aliphatic rings. The van der Waals surface area contributed by atoms with Gasteiger partial charge in [-0.25, -0.2) is 8.42 Å². The van der Waals surface area contributed by atoms with E-state index in [2.05, 4.69) is 10.0 Å². The van der Waals surface area contributed by atoms with E-state index in [1.165, 1.54) is 0 Å². The van der Waals surface area contributed by atoms with Gasteiger partial charge in [-0.05, 0) is 37.3 Å². The zero-order chi connectivity index (χ0) is 17.6. The topological polar surface area (TPSA) is 84.5 Å². The van der Waals surface area contributed by atoms with E-state index in [9.17, 15) is 13.2 Å². The number of ether oxygens (including phenoxy) is 1. The number of nitrogens with one attached hydrogen (secondary N) is 2. The SMILES string of the molecule is CCS(=O)(=O)Nc1ccc(C(=O)NCc2ccccc2OC)cc1. The number of para-hydroxylation sites is 1. The minimum absolute atomic E-state index is 0.00581. The minimum atomic E-state index is -3.32. The Hall–Kier alpha value is -2.54. The molecule has 0 heterocycles. The van der Waals surface area contributed by atoms with Crippen molar-refractivity contribution >= 4 is 21.6 Å². The fourth-order valence-electron chi connectivity index (χ4n) is 2.07. The Morgan fingerprint density at radius 2 is 1.75 bits per heavy atom. The van der Waals surface area contributed by atoms with E-state index >= 15 is 0 Å². The molecular formula is C17H20N2O4S. The molecule has 128 valence electrons. The van der Waals surface area contributed by atoms with Gasteiger partial charge in [-0.1, -0.05) is 18.2 Å². The third-order valence-corrected chi connectivity index (χ3v) is 4.74. The van der Waals surface area contributed by atoms with Crippen molar-refractivity contribution < 1.29 is 17.9 Å². The third kappa shape index (κ3) is 4.73. The Bertz CT molecular complexity index is 802. The van der Waals surface area contributed by atoms with Crippen LogP contribution >= 0.6 is 0 Å². The number of hydrogen-bond acceptors (Lipinski definition) is 4. The summed E-state index contributed by atoms with van der Waals surface area (Å²) in [6.07, 6.45) is 0. The number of sulfonamides is 1. The minimum Gasteiger partial charge on any atom is -0.496 e. The molecule has 0 atom stereocenters. The largest absolute Gasteiger partial charge is 0.496 e. The number of amides is 1. The maximum Gasteiger partial charge on any atom is 0.251 e. The second-order valence-corrected chi connectivity index (χ2v) is 7.09. The van der Waals surface area contributed by atoms with Crippen LogP contribution < -0.4 is 14.8 Å². The first-order valence-electron chi connectivity index (χ1n) is 7.46. The summed E-state index contributed by atoms with van der Waals surface area (Å²) in [5.41, 5.74) is 1.75. The number of hydrogen-bond donors (Lipinski definition) is 2. The molecule has 7 heteroatoms. The summed E-state index contributed by atoms with van der Waals surface area (Å²) in [6.45, 7) is 1.90. The highest BCUT2D eigenvalue weighted by molar-refractivity contribution is 7.92. The number of benzene rings is 2. The molecule has 0 radical (unpaired) electrons. The van der Waals surface area contributed by atoms with Crippen LogP contribution in [0.2, 0.25) is 0 Å². The van der Waals surface area contributed by atoms with Crippen molar-refractivity contribution in [3.05, 3.63) is 59.7 Å². The molecule has 6 nitrogen and oxygen atoms in total. The van der Waals surface area contributed by atoms with Gasteiger partial charge in [0.05, 0.1) is 12.9 Å². The summed E-state index contributed by atoms with van der Waals surface area (Å²) in [5.74, 6) is 0.460. The molecule has 0 fully saturated rings. The Kier molecular flexibility index (Phi) is 5.81. The fraction of sp³-hybridized carbons (Fsp3) is 0.235. The quantitative estimate of drug-likeness (QED) is 0.805. The second kappa shape index (κ2) is 7.83. The normalized spacial score (nSPS) is 10.9. The van der Waals surface area contributed by atoms with Crippen molar-refractivity contribution in [3.8, 4) is 5.75 Å². The fourth-order valence-corrected chi connectivity index (χ4v) is 2.71. The van der Waals surface area contributed by atoms with Crippen molar-refractivity contribution in [1.29, 1.82) is 0 Å². The van der Waals surface area contributed by atoms with Crippen molar-refractivity contribution in [2.24, 2.45) is 0 Å². The predicted octanol–water partition coefficient (Wildman–Crippen LogP) is 2.39. The number of rotatable bonds is 7. The summed E-state index contributed by atoms with van der Waals surface area (Å²) < 4.78 is 30.7. The molecule has 0 aliphatic heterocycles. The van der Waals surface area contributed by atoms with Gasteiger partial charge in [-0.15, -0.1) is 0 Å². The Balaban J connectivity index is 2.00. The highest BCUT2D eigenvalue weighted by Crippen LogP contribution is 2.17. The van der Waals surface area contributed by atoms with Crippen molar-refractivity contribution in [2.75, 3.05) is 17.6 Å². The molecule has 2 rings (SSSR count). The van der Waals surface area contributed by atoms with Crippen LogP contribution in [0.25, 0.3) is 0 Å². The van der Waals surface area contributed by atoms with Gasteiger partial charge in [0.2, 0.25) is 10.0 Å². The number of anilines is 1. The van der Waals surface area contributed by atoms with Crippen LogP contribution in [0, 0.1) is 0 Å². The Labute approximate surface area is 141 Å². The molecule has 0 saturated heterocycles. The van der Waals surface area contributed by atoms with Gasteiger partial charge in [0.25, 0.3) is 5.91 Å². The highest BCUT2D eigenvalue weighted by Gasteiger charge is 2.09. The number of carbonyl (C=O) groups excluding carboxylic acids is 1. The van der Waals surface area contributed by atoms with E-state index in [1.807, 2.05) is 24.3 Å². The van der Waals surface area contributed by atoms with Crippen LogP contribution in [0.15, 0.2) is 48.5 Å². The standard InChI is InChI=1S/C17H20N2O4S/c1-3-24(21,22)19-15-10-8-13(9-11-15)17(20)18-12-14-6-4-5-7-16(14)23-2/h4-11,19H,3,12H2,1-2H3,(H,18,20). The van der Waals surface area contributed by atoms with E-state index in [1.54, 1.807) is 38.3 Å². The van der Waals surface area contributed by atoms with E-state index in [0.717, 1.165) is 5.56 Å². The first-order valence-corrected chi connectivity index (χ1v) is 9.11. The molecule has 2 aromatic rings. The summed E-state index contributed by atoms with van der Waals surface area (Å²) in [4.78, 5) is 12.2. The lowest BCUT2D eigenvalue weighted by molar-refractivity contribution is 0.0950. The van der Waals surface area contributed by atoms with Gasteiger partial charge in [0.1, 0.15) is 5.75 Å². The predicted molar refractivity (Wildman–Crippen MR) is 93.7 cm³/mol. The van der Waals surface area contributed by atoms with Crippen LogP contribution in [0.1, 0.15) is 22.8 Å². The van der Waals surface area contributed by atoms with Crippen LogP contribution in [0.5, 0.6) is 5.75 Å². The first-order chi connectivity index (χ1) is 11.4. The van der Waals surface area contributed by atoms with Crippen molar-refractivity contribution in [2.45, 2.75) is 13.5 Å². The lowest BCUT2D eigenvalue weighted by Crippen LogP contribution is -2.23. The Morgan fingerprint density at radius 1 is 1.08 bits per heavy atom. The van der Waals surface area contributed by atoms with Crippen LogP contribution in [-0.2, 0) is 16.6 Å². The highest BCUT2D eigenvalue weighted by atomic mass is 32.2. The van der Waals surface area contributed by atoms with Crippen LogP contribution in [0.3, 0.4) is 0 Å². The average molecular weight is 348 g/mol. The third-order valence-electron chi connectivity index (χ3n) is 3.43. The maximum atomic E-state index is 12.2. The van der Waals surface area contributed by atoms with Crippen LogP contribution in [-0.4, -0.2) is 27.2 Å². The molecule has 2 N–H and O–H groups in total. The zero-order valence-corrected chi connectivity index (χ0v) is 14.4. The molecule has 0 saturated carbocycles. The first kappa shape index (κ1) is 17.8. The average Bonchev–Trinajstić information content (AvgIpc) is 2.60. The van der Waals surface area contributed by atoms with E-state index < -0.39 is 10.0 Å². The van der Waals surface area contributed by atoms with Gasteiger partial charge in [0.15, 0.2) is 0 Å². The lowest BCUT2D eigenvalue weighted by Gasteiger charge is -2.10. The smallest absolute Gasteiger partial charge is 0.251 e. The van der Waals surface area contributed by atoms with Crippen molar-refractivity contribution in [1.82, 2.24) is 5.32 Å². The molecule has 0 spiro atoms. The van der Waals surface area contributed by atoms with E-state index in [-0.39, 0.29) is 11.7 Å². The summed E-state index contributed by atoms with van der Waals surface area (Å²) in [6, 6.07) is 13.7. The molecule has 0 unspecified atom stereocenters. The Morgan fingerprint density at radius 3 is 2.38 bits per heavy atom. The van der Waals surface area contributed by atoms with E-state index in [0.29, 0.717) is 23.5 Å². The molecule has 24 heavy (non-hydrogen) atoms. The van der Waals surface area contributed by atoms with Gasteiger partial charge in [-0.2, -0.15) is 0 Å². The van der Waals surface area contributed by atoms with Gasteiger partial charge >= 0.3 is 0 Å². The van der Waals surface area contributed by atoms with Crippen molar-refractivity contribution in [3.63, 3.8) is 0 Å². The second-order valence-electron chi connectivity index (χ2n) is 5.08. The summed E-state index contributed by atoms with van der Waals surface area (Å²) in [7, 11) is -1.74. The lowest BCUT2D eigenvalue weighted by atomic mass is 10.1. The monoisotopic (exact) mass is 348 g/mol. The number of methoxy groups -OCH3 is 1. The molecule has 2 aromatic carbocycles. The molecular weight excluding hydrogens is 328 g/mol. The summed E-state index contributed by atoms with van der Waals surface area (Å²) >= 11 is 0. The number of carbonyl (C=O) groups is 1. The van der Waals surface area contributed by atoms with Gasteiger partial charge in [-0.3, -0.25) is 9.52 Å². The molecule has 1 amide bonds. The van der Waals surface area contributed by atoms with Gasteiger partial charge in [0, 0.05) is 23.4 Å². The maximum absolute atomic E-state index is 12.2. The zero-order valence-electron chi connectivity index (χ0n) is 13.6. The van der Waals surface area contributed by atoms with Crippen LogP contribution in [0.4, 0.5) is 5.69 Å². The summed E-state index contributed by atoms with van der Waals surface area (Å²) in [5, 5.41) is 2.81. The van der Waals surface area contributed by atoms with E-state index in [4.69, 9.17) is 4.74 Å². The molecule has 0 aliphatic carbocycles. The van der Waals surface area contributed by atoms with Gasteiger partial charge < -0.3 is 10.1 Å². The molecule has 0 bridgehead atoms. The molecule has 0 aromatic heterocycles.